The van der Waals surface area contributed by atoms with Crippen LogP contribution < -0.4 is 31.1 Å². The lowest BCUT2D eigenvalue weighted by Gasteiger charge is -2.27. The van der Waals surface area contributed by atoms with Gasteiger partial charge in [0.1, 0.15) is 0 Å². The van der Waals surface area contributed by atoms with E-state index in [2.05, 4.69) is 63.7 Å². The normalized spacial score (nSPS) is 14.4. The van der Waals surface area contributed by atoms with Crippen molar-refractivity contribution in [1.29, 1.82) is 0 Å². The molecule has 16 nitrogen and oxygen atoms in total. The Hall–Kier alpha value is -8.83. The Morgan fingerprint density at radius 1 is 0.500 bits per heavy atom. The van der Waals surface area contributed by atoms with Gasteiger partial charge in [-0.3, -0.25) is 19.4 Å². The Balaban J connectivity index is 0.000000225. The summed E-state index contributed by atoms with van der Waals surface area (Å²) in [6, 6.07) is 54.7. The summed E-state index contributed by atoms with van der Waals surface area (Å²) in [5.74, 6) is -2.69. The van der Waals surface area contributed by atoms with Gasteiger partial charge in [0, 0.05) is 34.1 Å². The van der Waals surface area contributed by atoms with E-state index in [0.29, 0.717) is 34.5 Å². The summed E-state index contributed by atoms with van der Waals surface area (Å²) in [4.78, 5) is 77.3. The van der Waals surface area contributed by atoms with Gasteiger partial charge in [0.15, 0.2) is 12.2 Å². The number of carbonyl (C=O) groups is 6. The van der Waals surface area contributed by atoms with Crippen LogP contribution in [0.3, 0.4) is 0 Å². The molecule has 8 N–H and O–H groups in total. The quantitative estimate of drug-likeness (QED) is 0.0339. The molecule has 0 heterocycles. The van der Waals surface area contributed by atoms with Crippen molar-refractivity contribution < 1.29 is 49.2 Å². The van der Waals surface area contributed by atoms with Gasteiger partial charge in [-0.05, 0) is 150 Å². The minimum Gasteiger partial charge on any atom is -0.479 e. The molecular weight excluding hydrogens is 1110 g/mol. The van der Waals surface area contributed by atoms with Gasteiger partial charge in [0.2, 0.25) is 0 Å². The lowest BCUT2D eigenvalue weighted by Crippen LogP contribution is -2.40. The highest BCUT2D eigenvalue weighted by Crippen LogP contribution is 2.35. The second-order valence-electron chi connectivity index (χ2n) is 22.0. The van der Waals surface area contributed by atoms with E-state index in [1.54, 1.807) is 70.5 Å². The summed E-state index contributed by atoms with van der Waals surface area (Å²) in [7, 11) is 0. The van der Waals surface area contributed by atoms with Gasteiger partial charge in [-0.1, -0.05) is 165 Å². The van der Waals surface area contributed by atoms with Gasteiger partial charge in [-0.15, -0.1) is 0 Å². The maximum atomic E-state index is 13.8. The lowest BCUT2D eigenvalue weighted by atomic mass is 9.84. The molecule has 6 amide bonds. The van der Waals surface area contributed by atoms with Gasteiger partial charge < -0.3 is 41.7 Å². The van der Waals surface area contributed by atoms with Crippen molar-refractivity contribution in [2.24, 2.45) is 0 Å². The zero-order chi connectivity index (χ0) is 61.0. The molecule has 2 aliphatic rings. The van der Waals surface area contributed by atoms with E-state index in [9.17, 15) is 39.0 Å². The molecule has 2 aliphatic carbocycles. The number of hydrogen-bond acceptors (Lipinski definition) is 8. The number of urea groups is 2. The Morgan fingerprint density at radius 2 is 0.930 bits per heavy atom. The van der Waals surface area contributed by atoms with E-state index in [1.165, 1.54) is 75.3 Å². The maximum absolute atomic E-state index is 13.8. The molecule has 2 fully saturated rings. The Bertz CT molecular complexity index is 3360. The molecule has 0 saturated heterocycles. The second-order valence-corrected chi connectivity index (χ2v) is 22.4. The minimum atomic E-state index is -1.68. The number of halogens is 1. The number of hydrogen-bond donors (Lipinski definition) is 8. The molecule has 0 aromatic heterocycles. The van der Waals surface area contributed by atoms with Crippen LogP contribution in [-0.2, 0) is 29.2 Å². The number of carboxylic acids is 2. The number of benzene rings is 7. The number of nitrogens with zero attached hydrogens (tertiary/aromatic N) is 2. The summed E-state index contributed by atoms with van der Waals surface area (Å²) >= 11 is 6.03. The summed E-state index contributed by atoms with van der Waals surface area (Å²) < 4.78 is 0. The molecule has 0 radical (unpaired) electrons. The number of carboxylic acid groups (broad SMARTS) is 2. The molecule has 9 rings (SSSR count). The average molecular weight is 1180 g/mol. The molecule has 3 atom stereocenters. The third-order valence-electron chi connectivity index (χ3n) is 15.9. The van der Waals surface area contributed by atoms with Gasteiger partial charge in [-0.2, -0.15) is 0 Å². The predicted octanol–water partition coefficient (Wildman–Crippen LogP) is 12.5. The number of aliphatic hydroxyl groups is 2. The Morgan fingerprint density at radius 3 is 1.38 bits per heavy atom. The van der Waals surface area contributed by atoms with E-state index in [-0.39, 0.29) is 31.2 Å². The first-order valence-electron chi connectivity index (χ1n) is 29.4. The van der Waals surface area contributed by atoms with Crippen molar-refractivity contribution in [3.05, 3.63) is 225 Å². The van der Waals surface area contributed by atoms with Crippen LogP contribution in [0, 0.1) is 0 Å². The molecule has 17 heteroatoms. The van der Waals surface area contributed by atoms with Crippen LogP contribution in [0.15, 0.2) is 176 Å². The van der Waals surface area contributed by atoms with Crippen LogP contribution in [0.2, 0.25) is 5.02 Å². The second kappa shape index (κ2) is 31.4. The molecule has 7 aromatic rings. The number of carbonyl (C=O) groups excluding carboxylic acids is 4. The van der Waals surface area contributed by atoms with E-state index in [4.69, 9.17) is 21.8 Å². The first-order chi connectivity index (χ1) is 41.6. The first kappa shape index (κ1) is 63.2. The van der Waals surface area contributed by atoms with Crippen LogP contribution in [0.5, 0.6) is 0 Å². The highest BCUT2D eigenvalue weighted by Gasteiger charge is 2.24. The summed E-state index contributed by atoms with van der Waals surface area (Å²) in [6.45, 7) is 2.01. The fraction of sp³-hybridized carbons (Fsp3) is 0.304. The fourth-order valence-corrected chi connectivity index (χ4v) is 11.0. The molecule has 0 aliphatic heterocycles. The zero-order valence-corrected chi connectivity index (χ0v) is 49.0. The van der Waals surface area contributed by atoms with Crippen molar-refractivity contribution in [2.45, 2.75) is 121 Å². The zero-order valence-electron chi connectivity index (χ0n) is 48.2. The highest BCUT2D eigenvalue weighted by atomic mass is 35.5. The maximum Gasteiger partial charge on any atom is 0.334 e. The SMILES string of the molecule is C[C@H](NC(=O)N(Cc1ccc(C(=O)NC[C@@H](O)C(=O)O)cc1)c1ccc(C2CCCCC2)cc1)c1ccc(Cl)cc1.O=C(NC[C@@H](O)C(=O)O)c1ccc(CN(C(=O)NCc2ccccc2-c2ccccc2)c2ccc(C3CCCCC3)cc2)cc1. The van der Waals surface area contributed by atoms with E-state index < -0.39 is 49.1 Å². The van der Waals surface area contributed by atoms with Crippen molar-refractivity contribution in [1.82, 2.24) is 21.3 Å². The van der Waals surface area contributed by atoms with Crippen LogP contribution in [0.4, 0.5) is 21.0 Å². The number of aliphatic hydroxyl groups excluding tert-OH is 2. The van der Waals surface area contributed by atoms with Gasteiger partial charge in [0.05, 0.1) is 32.2 Å². The number of rotatable bonds is 21. The molecule has 0 spiro atoms. The predicted molar refractivity (Wildman–Crippen MR) is 334 cm³/mol. The Labute approximate surface area is 507 Å². The van der Waals surface area contributed by atoms with Crippen LogP contribution >= 0.6 is 11.6 Å². The molecule has 7 aromatic carbocycles. The van der Waals surface area contributed by atoms with E-state index in [0.717, 1.165) is 44.8 Å². The van der Waals surface area contributed by atoms with Gasteiger partial charge in [-0.25, -0.2) is 19.2 Å². The van der Waals surface area contributed by atoms with Crippen molar-refractivity contribution in [3.8, 4) is 11.1 Å². The highest BCUT2D eigenvalue weighted by molar-refractivity contribution is 6.30. The third-order valence-corrected chi connectivity index (χ3v) is 16.1. The largest absolute Gasteiger partial charge is 0.479 e. The minimum absolute atomic E-state index is 0.243. The number of nitrogens with one attached hydrogen (secondary N) is 4. The summed E-state index contributed by atoms with van der Waals surface area (Å²) in [6.07, 6.45) is 9.00. The molecule has 0 unspecified atom stereocenters. The standard InChI is InChI=1S/C37H39N3O5.C32H36ClN3O5/c41-34(36(43)44)24-38-35(42)30-17-15-26(16-18-30)25-40(32-21-19-28(20-22-32)27-9-3-1-4-10-27)37(45)39-23-31-13-7-8-14-33(31)29-11-5-2-6-12-29;1-21(23-11-15-27(33)16-12-23)35-32(41)36(28-17-13-25(14-18-28)24-5-3-2-4-6-24)20-22-7-9-26(10-8-22)30(38)34-19-29(37)31(39)40/h2,5-8,11-22,27,34,41H,1,3-4,9-10,23-25H2,(H,38,42)(H,39,45)(H,43,44);7-18,21,24,29,37H,2-6,19-20H2,1H3,(H,34,38)(H,35,41)(H,39,40)/t34-;21-,29+/m10/s1. The first-order valence-corrected chi connectivity index (χ1v) is 29.8. The molecule has 2 saturated carbocycles. The fourth-order valence-electron chi connectivity index (χ4n) is 10.9. The number of amides is 6. The number of anilines is 2. The molecule has 0 bridgehead atoms. The lowest BCUT2D eigenvalue weighted by molar-refractivity contribution is -0.147. The van der Waals surface area contributed by atoms with Crippen molar-refractivity contribution in [2.75, 3.05) is 22.9 Å². The topological polar surface area (TPSA) is 238 Å². The monoisotopic (exact) mass is 1180 g/mol. The summed E-state index contributed by atoms with van der Waals surface area (Å²) in [5, 5.41) is 48.1. The van der Waals surface area contributed by atoms with Crippen molar-refractivity contribution >= 4 is 58.8 Å². The molecule has 86 heavy (non-hydrogen) atoms. The summed E-state index contributed by atoms with van der Waals surface area (Å²) in [5.41, 5.74) is 10.5. The van der Waals surface area contributed by atoms with E-state index in [1.807, 2.05) is 79.7 Å². The smallest absolute Gasteiger partial charge is 0.334 e. The van der Waals surface area contributed by atoms with Gasteiger partial charge >= 0.3 is 24.0 Å². The van der Waals surface area contributed by atoms with E-state index >= 15 is 0 Å². The Kier molecular flexibility index (Phi) is 23.0. The van der Waals surface area contributed by atoms with Crippen LogP contribution in [0.25, 0.3) is 11.1 Å². The molecular formula is C69H75ClN6O10. The van der Waals surface area contributed by atoms with Crippen LogP contribution in [-0.4, -0.2) is 81.5 Å². The average Bonchev–Trinajstić information content (AvgIpc) is 2.84. The van der Waals surface area contributed by atoms with Crippen molar-refractivity contribution in [3.63, 3.8) is 0 Å². The number of aliphatic carboxylic acids is 2. The molecule has 448 valence electrons. The van der Waals surface area contributed by atoms with Gasteiger partial charge in [0.25, 0.3) is 11.8 Å². The van der Waals surface area contributed by atoms with Crippen LogP contribution in [0.1, 0.15) is 143 Å². The third kappa shape index (κ3) is 18.1.